The molecule has 0 saturated heterocycles. The van der Waals surface area contributed by atoms with Crippen LogP contribution in [-0.2, 0) is 6.42 Å². The zero-order valence-electron chi connectivity index (χ0n) is 16.0. The predicted molar refractivity (Wildman–Crippen MR) is 104 cm³/mol. The number of guanidine groups is 1. The van der Waals surface area contributed by atoms with Crippen molar-refractivity contribution in [2.45, 2.75) is 46.1 Å². The molecule has 0 amide bonds. The number of hydrogen-bond donors (Lipinski definition) is 3. The molecule has 1 unspecified atom stereocenters. The van der Waals surface area contributed by atoms with Crippen LogP contribution in [0.1, 0.15) is 48.5 Å². The third-order valence-electron chi connectivity index (χ3n) is 4.27. The van der Waals surface area contributed by atoms with Crippen molar-refractivity contribution in [3.05, 3.63) is 52.9 Å². The average molecular weight is 358 g/mol. The van der Waals surface area contributed by atoms with Gasteiger partial charge in [0.15, 0.2) is 5.96 Å². The number of benzene rings is 1. The third kappa shape index (κ3) is 6.19. The average Bonchev–Trinajstić information content (AvgIpc) is 2.97. The van der Waals surface area contributed by atoms with Gasteiger partial charge in [0.1, 0.15) is 5.76 Å². The minimum Gasteiger partial charge on any atom is -0.388 e. The van der Waals surface area contributed by atoms with Gasteiger partial charge in [-0.05, 0) is 45.6 Å². The topological polar surface area (TPSA) is 82.7 Å². The van der Waals surface area contributed by atoms with Crippen LogP contribution in [-0.4, -0.2) is 35.9 Å². The second kappa shape index (κ2) is 10.6. The number of aliphatic imine (C=N–C) groups is 1. The summed E-state index contributed by atoms with van der Waals surface area (Å²) in [6.45, 7) is 8.14. The van der Waals surface area contributed by atoms with Crippen molar-refractivity contribution < 1.29 is 9.63 Å². The minimum atomic E-state index is -0.467. The SMILES string of the molecule is CCNC(=NCCCc1c(C)noc1C)NCCC(O)c1ccccc1. The van der Waals surface area contributed by atoms with Crippen molar-refractivity contribution in [2.24, 2.45) is 4.99 Å². The van der Waals surface area contributed by atoms with Crippen LogP contribution in [0.4, 0.5) is 0 Å². The molecule has 26 heavy (non-hydrogen) atoms. The molecule has 2 rings (SSSR count). The van der Waals surface area contributed by atoms with E-state index in [1.54, 1.807) is 0 Å². The largest absolute Gasteiger partial charge is 0.388 e. The van der Waals surface area contributed by atoms with Crippen molar-refractivity contribution in [3.63, 3.8) is 0 Å². The van der Waals surface area contributed by atoms with Gasteiger partial charge in [-0.1, -0.05) is 35.5 Å². The van der Waals surface area contributed by atoms with E-state index in [4.69, 9.17) is 4.52 Å². The van der Waals surface area contributed by atoms with Gasteiger partial charge in [-0.3, -0.25) is 4.99 Å². The van der Waals surface area contributed by atoms with E-state index in [0.717, 1.165) is 48.9 Å². The van der Waals surface area contributed by atoms with Gasteiger partial charge in [0.05, 0.1) is 11.8 Å². The lowest BCUT2D eigenvalue weighted by Gasteiger charge is -2.14. The molecule has 0 aliphatic heterocycles. The van der Waals surface area contributed by atoms with Crippen molar-refractivity contribution in [2.75, 3.05) is 19.6 Å². The number of nitrogens with zero attached hydrogens (tertiary/aromatic N) is 2. The fraction of sp³-hybridized carbons (Fsp3) is 0.500. The number of aromatic nitrogens is 1. The molecular weight excluding hydrogens is 328 g/mol. The summed E-state index contributed by atoms with van der Waals surface area (Å²) in [6.07, 6.45) is 2.02. The van der Waals surface area contributed by atoms with Crippen LogP contribution in [0, 0.1) is 13.8 Å². The van der Waals surface area contributed by atoms with Crippen LogP contribution in [0.2, 0.25) is 0 Å². The van der Waals surface area contributed by atoms with E-state index in [-0.39, 0.29) is 0 Å². The normalized spacial score (nSPS) is 12.8. The van der Waals surface area contributed by atoms with Crippen LogP contribution >= 0.6 is 0 Å². The van der Waals surface area contributed by atoms with E-state index in [1.165, 1.54) is 5.56 Å². The highest BCUT2D eigenvalue weighted by molar-refractivity contribution is 5.79. The molecule has 0 fully saturated rings. The molecule has 3 N–H and O–H groups in total. The molecule has 6 heteroatoms. The maximum absolute atomic E-state index is 10.2. The molecule has 142 valence electrons. The first-order valence-electron chi connectivity index (χ1n) is 9.28. The number of aryl methyl sites for hydroxylation is 2. The molecule has 1 aromatic heterocycles. The number of aliphatic hydroxyl groups is 1. The third-order valence-corrected chi connectivity index (χ3v) is 4.27. The van der Waals surface area contributed by atoms with Gasteiger partial charge in [0.25, 0.3) is 0 Å². The zero-order chi connectivity index (χ0) is 18.8. The first-order valence-corrected chi connectivity index (χ1v) is 9.28. The maximum Gasteiger partial charge on any atom is 0.191 e. The maximum atomic E-state index is 10.2. The van der Waals surface area contributed by atoms with Gasteiger partial charge in [-0.25, -0.2) is 0 Å². The Morgan fingerprint density at radius 3 is 2.65 bits per heavy atom. The number of rotatable bonds is 9. The first-order chi connectivity index (χ1) is 12.6. The molecular formula is C20H30N4O2. The summed E-state index contributed by atoms with van der Waals surface area (Å²) in [5, 5.41) is 20.7. The molecule has 1 heterocycles. The monoisotopic (exact) mass is 358 g/mol. The van der Waals surface area contributed by atoms with E-state index in [2.05, 4.69) is 20.8 Å². The fourth-order valence-electron chi connectivity index (χ4n) is 2.82. The molecule has 0 aliphatic carbocycles. The standard InChI is InChI=1S/C20H30N4O2/c1-4-21-20(22-13-8-11-18-15(2)24-26-16(18)3)23-14-12-19(25)17-9-6-5-7-10-17/h5-7,9-10,19,25H,4,8,11-14H2,1-3H3,(H2,21,22,23). The van der Waals surface area contributed by atoms with Gasteiger partial charge in [0.2, 0.25) is 0 Å². The molecule has 0 bridgehead atoms. The summed E-state index contributed by atoms with van der Waals surface area (Å²) in [5.41, 5.74) is 3.09. The Labute approximate surface area is 155 Å². The Hall–Kier alpha value is -2.34. The first kappa shape index (κ1) is 20.0. The Morgan fingerprint density at radius 2 is 2.00 bits per heavy atom. The number of nitrogens with one attached hydrogen (secondary N) is 2. The highest BCUT2D eigenvalue weighted by Gasteiger charge is 2.09. The van der Waals surface area contributed by atoms with Gasteiger partial charge >= 0.3 is 0 Å². The molecule has 2 aromatic rings. The van der Waals surface area contributed by atoms with E-state index in [9.17, 15) is 5.11 Å². The fourth-order valence-corrected chi connectivity index (χ4v) is 2.82. The molecule has 0 spiro atoms. The van der Waals surface area contributed by atoms with Crippen LogP contribution in [0.5, 0.6) is 0 Å². The van der Waals surface area contributed by atoms with Crippen LogP contribution < -0.4 is 10.6 Å². The number of hydrogen-bond acceptors (Lipinski definition) is 4. The van der Waals surface area contributed by atoms with Crippen molar-refractivity contribution in [1.29, 1.82) is 0 Å². The van der Waals surface area contributed by atoms with E-state index < -0.39 is 6.10 Å². The van der Waals surface area contributed by atoms with E-state index >= 15 is 0 Å². The summed E-state index contributed by atoms with van der Waals surface area (Å²) in [6, 6.07) is 9.72. The van der Waals surface area contributed by atoms with E-state index in [0.29, 0.717) is 13.0 Å². The molecule has 0 saturated carbocycles. The zero-order valence-corrected chi connectivity index (χ0v) is 16.0. The van der Waals surface area contributed by atoms with Gasteiger partial charge < -0.3 is 20.3 Å². The van der Waals surface area contributed by atoms with Gasteiger partial charge in [-0.2, -0.15) is 0 Å². The lowest BCUT2D eigenvalue weighted by molar-refractivity contribution is 0.168. The second-order valence-corrected chi connectivity index (χ2v) is 6.31. The summed E-state index contributed by atoms with van der Waals surface area (Å²) in [7, 11) is 0. The Kier molecular flexibility index (Phi) is 8.15. The second-order valence-electron chi connectivity index (χ2n) is 6.31. The molecule has 1 atom stereocenters. The van der Waals surface area contributed by atoms with E-state index in [1.807, 2.05) is 51.1 Å². The summed E-state index contributed by atoms with van der Waals surface area (Å²) in [4.78, 5) is 4.60. The Morgan fingerprint density at radius 1 is 1.23 bits per heavy atom. The molecule has 0 aliphatic rings. The quantitative estimate of drug-likeness (QED) is 0.365. The summed E-state index contributed by atoms with van der Waals surface area (Å²) < 4.78 is 5.19. The lowest BCUT2D eigenvalue weighted by atomic mass is 10.1. The highest BCUT2D eigenvalue weighted by Crippen LogP contribution is 2.15. The van der Waals surface area contributed by atoms with Crippen molar-refractivity contribution in [3.8, 4) is 0 Å². The minimum absolute atomic E-state index is 0.467. The number of aliphatic hydroxyl groups excluding tert-OH is 1. The molecule has 6 nitrogen and oxygen atoms in total. The summed E-state index contributed by atoms with van der Waals surface area (Å²) in [5.74, 6) is 1.68. The Balaban J connectivity index is 1.75. The lowest BCUT2D eigenvalue weighted by Crippen LogP contribution is -2.38. The van der Waals surface area contributed by atoms with Crippen LogP contribution in [0.25, 0.3) is 0 Å². The highest BCUT2D eigenvalue weighted by atomic mass is 16.5. The van der Waals surface area contributed by atoms with Crippen LogP contribution in [0.15, 0.2) is 39.8 Å². The van der Waals surface area contributed by atoms with Crippen molar-refractivity contribution in [1.82, 2.24) is 15.8 Å². The van der Waals surface area contributed by atoms with Crippen molar-refractivity contribution >= 4 is 5.96 Å². The Bertz CT molecular complexity index is 663. The van der Waals surface area contributed by atoms with Crippen LogP contribution in [0.3, 0.4) is 0 Å². The summed E-state index contributed by atoms with van der Waals surface area (Å²) >= 11 is 0. The van der Waals surface area contributed by atoms with Gasteiger partial charge in [-0.15, -0.1) is 0 Å². The molecule has 0 radical (unpaired) electrons. The molecule has 1 aromatic carbocycles. The smallest absolute Gasteiger partial charge is 0.191 e. The predicted octanol–water partition coefficient (Wildman–Crippen LogP) is 2.90. The van der Waals surface area contributed by atoms with Gasteiger partial charge in [0, 0.05) is 25.2 Å².